The molecule has 0 radical (unpaired) electrons. The maximum atomic E-state index is 12.7. The number of nitrogens with zero attached hydrogens (tertiary/aromatic N) is 4. The molecule has 1 aliphatic heterocycles. The van der Waals surface area contributed by atoms with Crippen LogP contribution in [-0.2, 0) is 11.3 Å². The van der Waals surface area contributed by atoms with Crippen molar-refractivity contribution < 1.29 is 19.0 Å². The van der Waals surface area contributed by atoms with Crippen LogP contribution in [0, 0.1) is 6.92 Å². The number of fused-ring (bicyclic) bond motifs is 1. The molecule has 9 nitrogen and oxygen atoms in total. The molecular weight excluding hydrogens is 659 g/mol. The van der Waals surface area contributed by atoms with Gasteiger partial charge in [-0.25, -0.2) is 14.8 Å². The van der Waals surface area contributed by atoms with Crippen LogP contribution in [0.5, 0.6) is 11.5 Å². The van der Waals surface area contributed by atoms with E-state index in [2.05, 4.69) is 40.7 Å². The van der Waals surface area contributed by atoms with E-state index in [0.29, 0.717) is 30.5 Å². The van der Waals surface area contributed by atoms with Crippen LogP contribution in [-0.4, -0.2) is 71.9 Å². The average molecular weight is 716 g/mol. The van der Waals surface area contributed by atoms with Crippen molar-refractivity contribution >= 4 is 34.2 Å². The van der Waals surface area contributed by atoms with Crippen molar-refractivity contribution in [2.75, 3.05) is 45.7 Å². The summed E-state index contributed by atoms with van der Waals surface area (Å²) in [6.45, 7) is 14.6. The fourth-order valence-electron chi connectivity index (χ4n) is 6.57. The molecular formula is C41H57N5O4S. The smallest absolute Gasteiger partial charge is 0.410 e. The van der Waals surface area contributed by atoms with E-state index >= 15 is 0 Å². The van der Waals surface area contributed by atoms with Crippen molar-refractivity contribution in [1.29, 1.82) is 0 Å². The summed E-state index contributed by atoms with van der Waals surface area (Å²) in [5.41, 5.74) is 3.54. The molecule has 0 unspecified atom stereocenters. The third-order valence-corrected chi connectivity index (χ3v) is 10.4. The summed E-state index contributed by atoms with van der Waals surface area (Å²) in [6.07, 6.45) is 9.80. The van der Waals surface area contributed by atoms with Crippen molar-refractivity contribution in [1.82, 2.24) is 19.8 Å². The number of benzene rings is 2. The third-order valence-electron chi connectivity index (χ3n) is 9.26. The Morgan fingerprint density at radius 1 is 1.00 bits per heavy atom. The number of nitrogens with one attached hydrogen (secondary N) is 1. The molecule has 51 heavy (non-hydrogen) atoms. The number of hydrogen-bond acceptors (Lipinski definition) is 9. The van der Waals surface area contributed by atoms with E-state index < -0.39 is 5.60 Å². The molecule has 1 N–H and O–H groups in total. The van der Waals surface area contributed by atoms with Gasteiger partial charge < -0.3 is 29.3 Å². The van der Waals surface area contributed by atoms with E-state index in [1.54, 1.807) is 30.4 Å². The fourth-order valence-corrected chi connectivity index (χ4v) is 7.48. The van der Waals surface area contributed by atoms with Crippen molar-refractivity contribution in [3.63, 3.8) is 0 Å². The van der Waals surface area contributed by atoms with Gasteiger partial charge in [0.1, 0.15) is 17.2 Å². The van der Waals surface area contributed by atoms with E-state index in [-0.39, 0.29) is 12.1 Å². The summed E-state index contributed by atoms with van der Waals surface area (Å²) in [7, 11) is 3.45. The number of unbranched alkanes of at least 4 members (excludes halogenated alkanes) is 4. The second kappa shape index (κ2) is 18.0. The zero-order valence-electron chi connectivity index (χ0n) is 31.7. The van der Waals surface area contributed by atoms with Gasteiger partial charge in [0.05, 0.1) is 25.3 Å². The highest BCUT2D eigenvalue weighted by Gasteiger charge is 2.21. The largest absolute Gasteiger partial charge is 0.493 e. The van der Waals surface area contributed by atoms with Crippen LogP contribution < -0.4 is 14.8 Å². The second-order valence-electron chi connectivity index (χ2n) is 14.8. The summed E-state index contributed by atoms with van der Waals surface area (Å²) in [6, 6.07) is 14.4. The lowest BCUT2D eigenvalue weighted by molar-refractivity contribution is 0.0285. The minimum absolute atomic E-state index is 0.0142. The van der Waals surface area contributed by atoms with Gasteiger partial charge in [-0.1, -0.05) is 49.9 Å². The van der Waals surface area contributed by atoms with Gasteiger partial charge in [-0.05, 0) is 114 Å². The third kappa shape index (κ3) is 11.0. The van der Waals surface area contributed by atoms with E-state index in [1.165, 1.54) is 69.5 Å². The highest BCUT2D eigenvalue weighted by Crippen LogP contribution is 2.37. The minimum atomic E-state index is -0.545. The number of aromatic nitrogens is 2. The monoisotopic (exact) mass is 715 g/mol. The van der Waals surface area contributed by atoms with Crippen LogP contribution in [0.4, 0.5) is 10.6 Å². The maximum Gasteiger partial charge on any atom is 0.410 e. The van der Waals surface area contributed by atoms with Crippen LogP contribution in [0.2, 0.25) is 0 Å². The molecule has 0 aliphatic carbocycles. The van der Waals surface area contributed by atoms with Gasteiger partial charge in [0, 0.05) is 29.9 Å². The van der Waals surface area contributed by atoms with Gasteiger partial charge >= 0.3 is 6.09 Å². The van der Waals surface area contributed by atoms with Crippen molar-refractivity contribution in [2.24, 2.45) is 0 Å². The Hall–Kier alpha value is -3.89. The minimum Gasteiger partial charge on any atom is -0.493 e. The standard InChI is InChI=1S/C41H57N5O4S/c1-29(38-24-32(28-51-38)33-19-13-12-18-31(33)27-45(6)40(47)50-41(3,4)5)42-39-34-25-36(48-7)37(26-35(34)43-30(2)44-39)49-23-17-10-8-9-14-20-46-21-15-11-16-22-46/h12-13,18-19,24-26,28-29H,8-11,14-17,20-23,27H2,1-7H3,(H,42,43,44)/t29-/m1/s1. The molecule has 2 aromatic carbocycles. The van der Waals surface area contributed by atoms with E-state index in [1.807, 2.05) is 52.0 Å². The number of rotatable bonds is 16. The lowest BCUT2D eigenvalue weighted by Gasteiger charge is -2.26. The summed E-state index contributed by atoms with van der Waals surface area (Å²) in [4.78, 5) is 27.6. The molecule has 0 bridgehead atoms. The molecule has 3 heterocycles. The quantitative estimate of drug-likeness (QED) is 0.115. The number of ether oxygens (including phenoxy) is 3. The number of piperidine rings is 1. The Morgan fingerprint density at radius 3 is 2.51 bits per heavy atom. The molecule has 1 aliphatic rings. The number of aryl methyl sites for hydroxylation is 1. The van der Waals surface area contributed by atoms with Crippen LogP contribution in [0.1, 0.15) is 101 Å². The Labute approximate surface area is 308 Å². The van der Waals surface area contributed by atoms with Gasteiger partial charge in [-0.3, -0.25) is 0 Å². The van der Waals surface area contributed by atoms with Gasteiger partial charge in [0.2, 0.25) is 0 Å². The molecule has 276 valence electrons. The molecule has 10 heteroatoms. The zero-order valence-corrected chi connectivity index (χ0v) is 32.5. The number of likely N-dealkylation sites (tertiary alicyclic amines) is 1. The fraction of sp³-hybridized carbons (Fsp3) is 0.537. The first-order chi connectivity index (χ1) is 24.5. The van der Waals surface area contributed by atoms with Crippen LogP contribution in [0.3, 0.4) is 0 Å². The van der Waals surface area contributed by atoms with Crippen molar-refractivity contribution in [2.45, 2.75) is 104 Å². The molecule has 0 spiro atoms. The van der Waals surface area contributed by atoms with Crippen LogP contribution >= 0.6 is 11.3 Å². The highest BCUT2D eigenvalue weighted by atomic mass is 32.1. The first kappa shape index (κ1) is 38.3. The summed E-state index contributed by atoms with van der Waals surface area (Å²) in [5, 5.41) is 6.71. The highest BCUT2D eigenvalue weighted by molar-refractivity contribution is 7.10. The molecule has 1 saturated heterocycles. The number of carbonyl (C=O) groups excluding carboxylic acids is 1. The van der Waals surface area contributed by atoms with Crippen molar-refractivity contribution in [3.8, 4) is 22.6 Å². The normalized spacial score (nSPS) is 14.3. The molecule has 5 rings (SSSR count). The van der Waals surface area contributed by atoms with Gasteiger partial charge in [-0.2, -0.15) is 0 Å². The van der Waals surface area contributed by atoms with E-state index in [4.69, 9.17) is 24.2 Å². The molecule has 2 aromatic heterocycles. The molecule has 0 saturated carbocycles. The second-order valence-corrected chi connectivity index (χ2v) is 15.7. The zero-order chi connectivity index (χ0) is 36.4. The Morgan fingerprint density at radius 2 is 1.75 bits per heavy atom. The Balaban J connectivity index is 1.20. The van der Waals surface area contributed by atoms with Crippen LogP contribution in [0.25, 0.3) is 22.0 Å². The average Bonchev–Trinajstić information content (AvgIpc) is 3.59. The topological polar surface area (TPSA) is 89.0 Å². The van der Waals surface area contributed by atoms with Crippen LogP contribution in [0.15, 0.2) is 47.8 Å². The lowest BCUT2D eigenvalue weighted by atomic mass is 10.0. The predicted molar refractivity (Wildman–Crippen MR) is 209 cm³/mol. The number of hydrogen-bond donors (Lipinski definition) is 1. The first-order valence-corrected chi connectivity index (χ1v) is 19.5. The predicted octanol–water partition coefficient (Wildman–Crippen LogP) is 10.0. The number of amides is 1. The van der Waals surface area contributed by atoms with Gasteiger partial charge in [-0.15, -0.1) is 11.3 Å². The number of carbonyl (C=O) groups is 1. The number of thiophene rings is 1. The molecule has 4 aromatic rings. The first-order valence-electron chi connectivity index (χ1n) is 18.6. The maximum absolute atomic E-state index is 12.7. The molecule has 1 fully saturated rings. The SMILES string of the molecule is COc1cc2c(N[C@H](C)c3cc(-c4ccccc4CN(C)C(=O)OC(C)(C)C)cs3)nc(C)nc2cc1OCCCCCCCN1CCCCC1. The van der Waals surface area contributed by atoms with E-state index in [9.17, 15) is 4.79 Å². The lowest BCUT2D eigenvalue weighted by Crippen LogP contribution is -2.33. The van der Waals surface area contributed by atoms with Gasteiger partial charge in [0.15, 0.2) is 11.5 Å². The Kier molecular flexibility index (Phi) is 13.6. The Bertz CT molecular complexity index is 1730. The van der Waals surface area contributed by atoms with E-state index in [0.717, 1.165) is 39.8 Å². The number of anilines is 1. The molecule has 1 atom stereocenters. The molecule has 1 amide bonds. The summed E-state index contributed by atoms with van der Waals surface area (Å²) < 4.78 is 17.6. The van der Waals surface area contributed by atoms with Gasteiger partial charge in [0.25, 0.3) is 0 Å². The van der Waals surface area contributed by atoms with Crippen molar-refractivity contribution in [3.05, 3.63) is 64.1 Å². The summed E-state index contributed by atoms with van der Waals surface area (Å²) in [5.74, 6) is 2.84. The number of methoxy groups -OCH3 is 1. The summed E-state index contributed by atoms with van der Waals surface area (Å²) >= 11 is 1.70.